The number of alkyl carbamates (subject to hydrolysis) is 1. The molecule has 3 aromatic carbocycles. The first kappa shape index (κ1) is 43.9. The van der Waals surface area contributed by atoms with E-state index in [1.54, 1.807) is 66.7 Å². The minimum absolute atomic E-state index is 0.0268. The van der Waals surface area contributed by atoms with E-state index in [2.05, 4.69) is 10.4 Å². The predicted octanol–water partition coefficient (Wildman–Crippen LogP) is 4.56. The van der Waals surface area contributed by atoms with E-state index >= 15 is 0 Å². The smallest absolute Gasteiger partial charge is 0.407 e. The zero-order valence-electron chi connectivity index (χ0n) is 32.6. The molecule has 0 bridgehead atoms. The minimum Gasteiger partial charge on any atom is -0.497 e. The summed E-state index contributed by atoms with van der Waals surface area (Å²) >= 11 is 0. The van der Waals surface area contributed by atoms with E-state index in [1.165, 1.54) is 37.6 Å². The highest BCUT2D eigenvalue weighted by Crippen LogP contribution is 2.44. The molecule has 2 aliphatic rings. The van der Waals surface area contributed by atoms with E-state index < -0.39 is 66.5 Å². The number of carbonyl (C=O) groups excluding carboxylic acids is 2. The normalized spacial score (nSPS) is 20.5. The summed E-state index contributed by atoms with van der Waals surface area (Å²) in [6, 6.07) is 19.1. The van der Waals surface area contributed by atoms with Gasteiger partial charge < -0.3 is 43.4 Å². The number of nitrogens with one attached hydrogen (secondary N) is 2. The van der Waals surface area contributed by atoms with Crippen LogP contribution < -0.4 is 24.4 Å². The zero-order valence-corrected chi connectivity index (χ0v) is 34.4. The van der Waals surface area contributed by atoms with Gasteiger partial charge in [-0.2, -0.15) is 4.31 Å². The highest BCUT2D eigenvalue weighted by atomic mass is 32.2. The van der Waals surface area contributed by atoms with Crippen molar-refractivity contribution in [2.45, 2.75) is 69.1 Å². The molecule has 57 heavy (non-hydrogen) atoms. The van der Waals surface area contributed by atoms with Gasteiger partial charge in [0.1, 0.15) is 29.4 Å². The quantitative estimate of drug-likeness (QED) is 0.106. The van der Waals surface area contributed by atoms with Crippen molar-refractivity contribution in [1.29, 1.82) is 0 Å². The van der Waals surface area contributed by atoms with Gasteiger partial charge in [-0.3, -0.25) is 9.36 Å². The highest BCUT2D eigenvalue weighted by Gasteiger charge is 2.44. The molecule has 18 heteroatoms. The number of hydrogen-bond donors (Lipinski definition) is 3. The molecule has 0 spiro atoms. The molecule has 2 fully saturated rings. The number of para-hydroxylation sites is 1. The second-order valence-corrected chi connectivity index (χ2v) is 18.2. The molecular weight excluding hydrogens is 781 g/mol. The van der Waals surface area contributed by atoms with Gasteiger partial charge in [-0.1, -0.05) is 44.2 Å². The van der Waals surface area contributed by atoms with Crippen LogP contribution in [0.2, 0.25) is 0 Å². The van der Waals surface area contributed by atoms with Crippen LogP contribution in [0, 0.1) is 11.8 Å². The third kappa shape index (κ3) is 12.1. The number of benzene rings is 3. The largest absolute Gasteiger partial charge is 0.497 e. The van der Waals surface area contributed by atoms with Gasteiger partial charge in [-0.15, -0.1) is 0 Å². The number of methoxy groups -OCH3 is 2. The Morgan fingerprint density at radius 1 is 0.930 bits per heavy atom. The van der Waals surface area contributed by atoms with Crippen LogP contribution in [0.15, 0.2) is 83.8 Å². The highest BCUT2D eigenvalue weighted by molar-refractivity contribution is 7.89. The maximum atomic E-state index is 13.9. The number of aliphatic hydroxyl groups excluding tert-OH is 1. The number of aliphatic hydroxyl groups is 1. The van der Waals surface area contributed by atoms with Crippen molar-refractivity contribution in [3.8, 4) is 17.2 Å². The number of rotatable bonds is 20. The Labute approximate surface area is 333 Å². The number of fused-ring (bicyclic) bond motifs is 1. The van der Waals surface area contributed by atoms with Crippen LogP contribution in [0.1, 0.15) is 32.8 Å². The summed E-state index contributed by atoms with van der Waals surface area (Å²) in [4.78, 5) is 25.5. The van der Waals surface area contributed by atoms with E-state index in [0.717, 1.165) is 0 Å². The van der Waals surface area contributed by atoms with Gasteiger partial charge in [0, 0.05) is 13.1 Å². The van der Waals surface area contributed by atoms with Crippen LogP contribution in [0.4, 0.5) is 4.79 Å². The summed E-state index contributed by atoms with van der Waals surface area (Å²) in [5, 5.41) is 17.2. The summed E-state index contributed by atoms with van der Waals surface area (Å²) < 4.78 is 81.4. The van der Waals surface area contributed by atoms with Gasteiger partial charge in [-0.05, 0) is 79.8 Å². The molecule has 312 valence electrons. The first-order chi connectivity index (χ1) is 27.2. The number of sulfonamides is 1. The lowest BCUT2D eigenvalue weighted by atomic mass is 10.0. The van der Waals surface area contributed by atoms with Crippen LogP contribution in [0.3, 0.4) is 0 Å². The van der Waals surface area contributed by atoms with Crippen molar-refractivity contribution in [2.24, 2.45) is 11.8 Å². The van der Waals surface area contributed by atoms with Crippen LogP contribution >= 0.6 is 7.52 Å². The molecule has 2 aliphatic heterocycles. The molecule has 2 heterocycles. The summed E-state index contributed by atoms with van der Waals surface area (Å²) in [6.07, 6.45) is -2.87. The first-order valence-corrected chi connectivity index (χ1v) is 21.9. The molecule has 1 amide bonds. The molecular formula is C39H52N3O13PS. The summed E-state index contributed by atoms with van der Waals surface area (Å²) in [5.41, 5.74) is 0.648. The third-order valence-corrected chi connectivity index (χ3v) is 13.0. The van der Waals surface area contributed by atoms with Crippen molar-refractivity contribution < 1.29 is 60.6 Å². The fourth-order valence-electron chi connectivity index (χ4n) is 6.47. The molecule has 7 atom stereocenters. The average Bonchev–Trinajstić information content (AvgIpc) is 3.82. The maximum Gasteiger partial charge on any atom is 0.407 e. The number of nitrogens with zero attached hydrogens (tertiary/aromatic N) is 1. The molecule has 16 nitrogen and oxygen atoms in total. The summed E-state index contributed by atoms with van der Waals surface area (Å²) in [5.74, 6) is 0.271. The van der Waals surface area contributed by atoms with E-state index in [-0.39, 0.29) is 42.8 Å². The lowest BCUT2D eigenvalue weighted by Gasteiger charge is -2.31. The minimum atomic E-state index is -4.07. The van der Waals surface area contributed by atoms with Crippen molar-refractivity contribution in [3.05, 3.63) is 84.4 Å². The molecule has 0 radical (unpaired) electrons. The topological polar surface area (TPSA) is 197 Å². The van der Waals surface area contributed by atoms with Gasteiger partial charge in [0.05, 0.1) is 50.4 Å². The lowest BCUT2D eigenvalue weighted by Crippen LogP contribution is -2.51. The number of esters is 1. The van der Waals surface area contributed by atoms with Crippen LogP contribution in [0.25, 0.3) is 0 Å². The fraction of sp³-hybridized carbons (Fsp3) is 0.487. The van der Waals surface area contributed by atoms with E-state index in [0.29, 0.717) is 35.8 Å². The van der Waals surface area contributed by atoms with Crippen LogP contribution in [-0.2, 0) is 44.8 Å². The molecule has 3 aromatic rings. The Bertz CT molecular complexity index is 1920. The summed E-state index contributed by atoms with van der Waals surface area (Å²) in [7, 11) is -5.19. The third-order valence-electron chi connectivity index (χ3n) is 9.39. The van der Waals surface area contributed by atoms with Crippen molar-refractivity contribution in [3.63, 3.8) is 0 Å². The number of amides is 1. The van der Waals surface area contributed by atoms with Gasteiger partial charge in [-0.25, -0.2) is 18.3 Å². The van der Waals surface area contributed by atoms with Gasteiger partial charge in [0.2, 0.25) is 10.0 Å². The molecule has 2 saturated heterocycles. The standard InChI is InChI=1S/C39H52N3O13PS/c1-26(2)22-42(57(47,48)32-17-15-29(49-4)16-18-32)23-35(43)34(40-39(45)54-36-24-52-38-33(36)19-20-51-38)21-28-11-13-30(14-12-28)53-25-56(46,41-27(3)37(44)50-5)55-31-9-7-6-8-10-31/h6-18,26-27,33-36,38,43H,19-25H2,1-5H3,(H,40,45)(H,41,46)/t27-,33-,34-,35+,36-,38+,56?/m0/s1. The van der Waals surface area contributed by atoms with Gasteiger partial charge in [0.25, 0.3) is 0 Å². The van der Waals surface area contributed by atoms with E-state index in [1.807, 2.05) is 13.8 Å². The number of ether oxygens (including phenoxy) is 6. The first-order valence-electron chi connectivity index (χ1n) is 18.6. The van der Waals surface area contributed by atoms with E-state index in [9.17, 15) is 27.7 Å². The Morgan fingerprint density at radius 2 is 1.61 bits per heavy atom. The number of hydrogen-bond acceptors (Lipinski definition) is 13. The zero-order chi connectivity index (χ0) is 41.2. The lowest BCUT2D eigenvalue weighted by molar-refractivity contribution is -0.142. The Morgan fingerprint density at radius 3 is 2.26 bits per heavy atom. The van der Waals surface area contributed by atoms with Crippen molar-refractivity contribution in [2.75, 3.05) is 46.9 Å². The monoisotopic (exact) mass is 833 g/mol. The van der Waals surface area contributed by atoms with Crippen molar-refractivity contribution in [1.82, 2.24) is 14.7 Å². The molecule has 0 aliphatic carbocycles. The fourth-order valence-corrected chi connectivity index (χ4v) is 9.74. The SMILES string of the molecule is COC(=O)[C@H](C)NP(=O)(COc1ccc(C[C@H](NC(=O)O[C@H]2CO[C@H]3OCC[C@H]32)[C@H](O)CN(CC(C)C)S(=O)(=O)c2ccc(OC)cc2)cc1)Oc1ccccc1. The van der Waals surface area contributed by atoms with E-state index in [4.69, 9.17) is 32.9 Å². The Balaban J connectivity index is 1.32. The second kappa shape index (κ2) is 20.0. The molecule has 0 aromatic heterocycles. The molecule has 1 unspecified atom stereocenters. The van der Waals surface area contributed by atoms with Gasteiger partial charge >= 0.3 is 19.6 Å². The molecule has 5 rings (SSSR count). The second-order valence-electron chi connectivity index (χ2n) is 14.3. The van der Waals surface area contributed by atoms with Crippen LogP contribution in [-0.4, -0.2) is 107 Å². The Hall–Kier alpha value is -4.22. The molecule has 0 saturated carbocycles. The van der Waals surface area contributed by atoms with Crippen molar-refractivity contribution >= 4 is 29.6 Å². The Kier molecular flexibility index (Phi) is 15.4. The summed E-state index contributed by atoms with van der Waals surface area (Å²) in [6.45, 7) is 5.65. The maximum absolute atomic E-state index is 13.9. The number of carbonyl (C=O) groups is 2. The molecule has 3 N–H and O–H groups in total. The van der Waals surface area contributed by atoms with Gasteiger partial charge in [0.15, 0.2) is 12.6 Å². The predicted molar refractivity (Wildman–Crippen MR) is 209 cm³/mol. The van der Waals surface area contributed by atoms with Crippen LogP contribution in [0.5, 0.6) is 17.2 Å². The average molecular weight is 834 g/mol.